The molecular formula is C15H24N2O3S. The molecule has 1 aromatic rings. The molecule has 6 heteroatoms. The van der Waals surface area contributed by atoms with Gasteiger partial charge in [-0.15, -0.1) is 0 Å². The molecule has 0 aliphatic heterocycles. The molecule has 0 spiro atoms. The lowest BCUT2D eigenvalue weighted by Crippen LogP contribution is -2.34. The number of likely N-dealkylation sites (N-methyl/N-ethyl adjacent to an activating group) is 1. The van der Waals surface area contributed by atoms with Crippen LogP contribution in [0.3, 0.4) is 0 Å². The zero-order valence-electron chi connectivity index (χ0n) is 12.6. The van der Waals surface area contributed by atoms with Gasteiger partial charge in [0.25, 0.3) is 0 Å². The second kappa shape index (κ2) is 6.87. The van der Waals surface area contributed by atoms with E-state index in [0.717, 1.165) is 0 Å². The van der Waals surface area contributed by atoms with E-state index in [9.17, 15) is 13.5 Å². The van der Waals surface area contributed by atoms with Crippen LogP contribution in [0.2, 0.25) is 0 Å². The van der Waals surface area contributed by atoms with E-state index in [0.29, 0.717) is 31.1 Å². The SMILES string of the molecule is CCC(O)c1cccc(S(=O)(=O)NCCN(C)C2CC2)c1. The lowest BCUT2D eigenvalue weighted by Gasteiger charge is -2.16. The van der Waals surface area contributed by atoms with Gasteiger partial charge in [0.1, 0.15) is 0 Å². The van der Waals surface area contributed by atoms with Crippen LogP contribution in [-0.2, 0) is 10.0 Å². The second-order valence-corrected chi connectivity index (χ2v) is 7.37. The van der Waals surface area contributed by atoms with E-state index in [1.54, 1.807) is 24.3 Å². The molecule has 1 aliphatic rings. The van der Waals surface area contributed by atoms with Crippen molar-refractivity contribution in [1.82, 2.24) is 9.62 Å². The molecule has 2 N–H and O–H groups in total. The van der Waals surface area contributed by atoms with Crippen molar-refractivity contribution in [2.75, 3.05) is 20.1 Å². The van der Waals surface area contributed by atoms with Crippen molar-refractivity contribution in [2.24, 2.45) is 0 Å². The van der Waals surface area contributed by atoms with Gasteiger partial charge in [-0.2, -0.15) is 0 Å². The van der Waals surface area contributed by atoms with Crippen molar-refractivity contribution in [1.29, 1.82) is 0 Å². The Hall–Kier alpha value is -0.950. The molecular weight excluding hydrogens is 288 g/mol. The minimum Gasteiger partial charge on any atom is -0.388 e. The van der Waals surface area contributed by atoms with Gasteiger partial charge in [0.05, 0.1) is 11.0 Å². The summed E-state index contributed by atoms with van der Waals surface area (Å²) in [6.07, 6.45) is 2.35. The predicted octanol–water partition coefficient (Wildman–Crippen LogP) is 1.50. The minimum atomic E-state index is -3.51. The number of nitrogens with zero attached hydrogens (tertiary/aromatic N) is 1. The highest BCUT2D eigenvalue weighted by molar-refractivity contribution is 7.89. The number of hydrogen-bond acceptors (Lipinski definition) is 4. The molecule has 0 saturated heterocycles. The number of rotatable bonds is 8. The maximum Gasteiger partial charge on any atom is 0.240 e. The standard InChI is InChI=1S/C15H24N2O3S/c1-3-15(18)12-5-4-6-14(11-12)21(19,20)16-9-10-17(2)13-7-8-13/h4-6,11,13,15-16,18H,3,7-10H2,1-2H3. The molecule has 21 heavy (non-hydrogen) atoms. The minimum absolute atomic E-state index is 0.210. The Labute approximate surface area is 127 Å². The fourth-order valence-electron chi connectivity index (χ4n) is 2.26. The van der Waals surface area contributed by atoms with Gasteiger partial charge < -0.3 is 10.0 Å². The fourth-order valence-corrected chi connectivity index (χ4v) is 3.34. The van der Waals surface area contributed by atoms with Gasteiger partial charge in [0, 0.05) is 19.1 Å². The average Bonchev–Trinajstić information content (AvgIpc) is 3.31. The highest BCUT2D eigenvalue weighted by Gasteiger charge is 2.26. The number of aliphatic hydroxyl groups is 1. The van der Waals surface area contributed by atoms with Crippen LogP contribution in [0.5, 0.6) is 0 Å². The smallest absolute Gasteiger partial charge is 0.240 e. The Kier molecular flexibility index (Phi) is 5.37. The number of aliphatic hydroxyl groups excluding tert-OH is 1. The Morgan fingerprint density at radius 2 is 2.14 bits per heavy atom. The van der Waals surface area contributed by atoms with Crippen LogP contribution in [0.25, 0.3) is 0 Å². The first-order valence-electron chi connectivity index (χ1n) is 7.42. The number of benzene rings is 1. The molecule has 1 unspecified atom stereocenters. The van der Waals surface area contributed by atoms with E-state index in [2.05, 4.69) is 9.62 Å². The Morgan fingerprint density at radius 1 is 1.43 bits per heavy atom. The van der Waals surface area contributed by atoms with Crippen LogP contribution >= 0.6 is 0 Å². The van der Waals surface area contributed by atoms with Crippen LogP contribution in [0, 0.1) is 0 Å². The van der Waals surface area contributed by atoms with Crippen molar-refractivity contribution in [3.05, 3.63) is 29.8 Å². The van der Waals surface area contributed by atoms with Crippen molar-refractivity contribution >= 4 is 10.0 Å². The molecule has 5 nitrogen and oxygen atoms in total. The van der Waals surface area contributed by atoms with Crippen molar-refractivity contribution in [3.63, 3.8) is 0 Å². The molecule has 0 aromatic heterocycles. The molecule has 0 radical (unpaired) electrons. The Morgan fingerprint density at radius 3 is 2.76 bits per heavy atom. The van der Waals surface area contributed by atoms with Crippen LogP contribution in [-0.4, -0.2) is 44.6 Å². The maximum atomic E-state index is 12.3. The van der Waals surface area contributed by atoms with Crippen molar-refractivity contribution in [2.45, 2.75) is 43.2 Å². The highest BCUT2D eigenvalue weighted by Crippen LogP contribution is 2.24. The second-order valence-electron chi connectivity index (χ2n) is 5.61. The Balaban J connectivity index is 1.97. The van der Waals surface area contributed by atoms with Gasteiger partial charge in [-0.05, 0) is 44.0 Å². The normalized spacial score (nSPS) is 17.1. The first kappa shape index (κ1) is 16.4. The van der Waals surface area contributed by atoms with E-state index in [1.165, 1.54) is 12.8 Å². The first-order chi connectivity index (χ1) is 9.94. The molecule has 0 bridgehead atoms. The van der Waals surface area contributed by atoms with Crippen LogP contribution in [0.4, 0.5) is 0 Å². The fraction of sp³-hybridized carbons (Fsp3) is 0.600. The van der Waals surface area contributed by atoms with Gasteiger partial charge >= 0.3 is 0 Å². The average molecular weight is 312 g/mol. The molecule has 118 valence electrons. The number of hydrogen-bond donors (Lipinski definition) is 2. The van der Waals surface area contributed by atoms with Crippen LogP contribution in [0.1, 0.15) is 37.9 Å². The van der Waals surface area contributed by atoms with Crippen molar-refractivity contribution < 1.29 is 13.5 Å². The topological polar surface area (TPSA) is 69.6 Å². The molecule has 0 amide bonds. The highest BCUT2D eigenvalue weighted by atomic mass is 32.2. The molecule has 1 fully saturated rings. The van der Waals surface area contributed by atoms with Gasteiger partial charge in [0.2, 0.25) is 10.0 Å². The zero-order valence-corrected chi connectivity index (χ0v) is 13.4. The summed E-state index contributed by atoms with van der Waals surface area (Å²) in [5.41, 5.74) is 0.635. The third-order valence-electron chi connectivity index (χ3n) is 3.87. The number of nitrogens with one attached hydrogen (secondary N) is 1. The molecule has 2 rings (SSSR count). The van der Waals surface area contributed by atoms with Gasteiger partial charge in [0.15, 0.2) is 0 Å². The van der Waals surface area contributed by atoms with Gasteiger partial charge in [-0.1, -0.05) is 19.1 Å². The van der Waals surface area contributed by atoms with E-state index >= 15 is 0 Å². The van der Waals surface area contributed by atoms with E-state index in [-0.39, 0.29) is 4.90 Å². The summed E-state index contributed by atoms with van der Waals surface area (Å²) in [5.74, 6) is 0. The summed E-state index contributed by atoms with van der Waals surface area (Å²) in [6.45, 7) is 2.97. The maximum absolute atomic E-state index is 12.3. The summed E-state index contributed by atoms with van der Waals surface area (Å²) in [6, 6.07) is 7.13. The summed E-state index contributed by atoms with van der Waals surface area (Å²) < 4.78 is 27.1. The molecule has 1 saturated carbocycles. The van der Waals surface area contributed by atoms with Crippen LogP contribution in [0.15, 0.2) is 29.2 Å². The lowest BCUT2D eigenvalue weighted by molar-refractivity contribution is 0.173. The van der Waals surface area contributed by atoms with Crippen molar-refractivity contribution in [3.8, 4) is 0 Å². The van der Waals surface area contributed by atoms with E-state index in [4.69, 9.17) is 0 Å². The molecule has 0 heterocycles. The van der Waals surface area contributed by atoms with E-state index in [1.807, 2.05) is 14.0 Å². The molecule has 1 aromatic carbocycles. The third kappa shape index (κ3) is 4.51. The largest absolute Gasteiger partial charge is 0.388 e. The first-order valence-corrected chi connectivity index (χ1v) is 8.90. The third-order valence-corrected chi connectivity index (χ3v) is 5.33. The van der Waals surface area contributed by atoms with Gasteiger partial charge in [-0.3, -0.25) is 0 Å². The van der Waals surface area contributed by atoms with Gasteiger partial charge in [-0.25, -0.2) is 13.1 Å². The summed E-state index contributed by atoms with van der Waals surface area (Å²) in [4.78, 5) is 2.39. The van der Waals surface area contributed by atoms with E-state index < -0.39 is 16.1 Å². The summed E-state index contributed by atoms with van der Waals surface area (Å²) in [5, 5.41) is 9.81. The summed E-state index contributed by atoms with van der Waals surface area (Å²) in [7, 11) is -1.50. The van der Waals surface area contributed by atoms with Crippen LogP contribution < -0.4 is 4.72 Å². The molecule has 1 aliphatic carbocycles. The predicted molar refractivity (Wildman–Crippen MR) is 82.5 cm³/mol. The quantitative estimate of drug-likeness (QED) is 0.763. The molecule has 1 atom stereocenters. The lowest BCUT2D eigenvalue weighted by atomic mass is 10.1. The zero-order chi connectivity index (χ0) is 15.5. The Bertz CT molecular complexity index is 570. The number of sulfonamides is 1. The monoisotopic (exact) mass is 312 g/mol. The summed E-state index contributed by atoms with van der Waals surface area (Å²) >= 11 is 0.